The lowest BCUT2D eigenvalue weighted by atomic mass is 9.92. The van der Waals surface area contributed by atoms with Gasteiger partial charge in [-0.2, -0.15) is 0 Å². The van der Waals surface area contributed by atoms with Gasteiger partial charge in [-0.3, -0.25) is 4.79 Å². The smallest absolute Gasteiger partial charge is 0.253 e. The number of methoxy groups -OCH3 is 2. The minimum atomic E-state index is -0.174. The summed E-state index contributed by atoms with van der Waals surface area (Å²) in [7, 11) is 3.07. The highest BCUT2D eigenvalue weighted by Crippen LogP contribution is 2.37. The number of nitrogen functional groups attached to an aromatic ring is 1. The number of rotatable bonds is 4. The Hall–Kier alpha value is -1.91. The molecular formula is C16H24N2O3. The van der Waals surface area contributed by atoms with Crippen LogP contribution in [0.1, 0.15) is 43.5 Å². The first-order valence-electron chi connectivity index (χ1n) is 7.18. The first-order valence-corrected chi connectivity index (χ1v) is 7.18. The predicted octanol–water partition coefficient (Wildman–Crippen LogP) is 2.59. The van der Waals surface area contributed by atoms with Crippen molar-refractivity contribution in [3.8, 4) is 11.5 Å². The van der Waals surface area contributed by atoms with Crippen LogP contribution < -0.4 is 20.5 Å². The molecule has 0 bridgehead atoms. The lowest BCUT2D eigenvalue weighted by Crippen LogP contribution is -2.34. The minimum absolute atomic E-state index is 0.174. The number of nitrogens with one attached hydrogen (secondary N) is 1. The van der Waals surface area contributed by atoms with Crippen molar-refractivity contribution in [2.24, 2.45) is 5.41 Å². The van der Waals surface area contributed by atoms with E-state index in [0.29, 0.717) is 22.7 Å². The van der Waals surface area contributed by atoms with Crippen molar-refractivity contribution in [3.05, 3.63) is 17.7 Å². The van der Waals surface area contributed by atoms with E-state index in [0.717, 1.165) is 19.3 Å². The lowest BCUT2D eigenvalue weighted by molar-refractivity contribution is 0.0936. The Morgan fingerprint density at radius 1 is 1.33 bits per heavy atom. The maximum atomic E-state index is 12.5. The van der Waals surface area contributed by atoms with Crippen molar-refractivity contribution in [2.45, 2.75) is 39.2 Å². The fraction of sp³-hybridized carbons (Fsp3) is 0.562. The van der Waals surface area contributed by atoms with E-state index in [4.69, 9.17) is 15.2 Å². The van der Waals surface area contributed by atoms with Crippen LogP contribution in [0, 0.1) is 5.41 Å². The van der Waals surface area contributed by atoms with E-state index in [-0.39, 0.29) is 17.4 Å². The summed E-state index contributed by atoms with van der Waals surface area (Å²) in [6, 6.07) is 3.52. The van der Waals surface area contributed by atoms with Crippen molar-refractivity contribution in [1.29, 1.82) is 0 Å². The molecule has 0 saturated heterocycles. The topological polar surface area (TPSA) is 73.6 Å². The maximum Gasteiger partial charge on any atom is 0.253 e. The summed E-state index contributed by atoms with van der Waals surface area (Å²) in [4.78, 5) is 12.5. The largest absolute Gasteiger partial charge is 0.497 e. The van der Waals surface area contributed by atoms with E-state index in [1.165, 1.54) is 7.11 Å². The summed E-state index contributed by atoms with van der Waals surface area (Å²) in [6.45, 7) is 4.45. The van der Waals surface area contributed by atoms with Crippen LogP contribution in [-0.2, 0) is 0 Å². The molecule has 1 aliphatic rings. The van der Waals surface area contributed by atoms with Gasteiger partial charge in [0.25, 0.3) is 5.91 Å². The molecule has 5 heteroatoms. The van der Waals surface area contributed by atoms with Crippen LogP contribution in [0.25, 0.3) is 0 Å². The quantitative estimate of drug-likeness (QED) is 0.837. The Morgan fingerprint density at radius 3 is 2.57 bits per heavy atom. The molecule has 0 radical (unpaired) electrons. The van der Waals surface area contributed by atoms with Crippen molar-refractivity contribution >= 4 is 11.6 Å². The summed E-state index contributed by atoms with van der Waals surface area (Å²) in [6.07, 6.45) is 3.11. The molecule has 116 valence electrons. The molecule has 0 aromatic heterocycles. The number of amides is 1. The van der Waals surface area contributed by atoms with Gasteiger partial charge in [0.05, 0.1) is 25.5 Å². The fourth-order valence-electron chi connectivity index (χ4n) is 2.90. The van der Waals surface area contributed by atoms with Crippen molar-refractivity contribution < 1.29 is 14.3 Å². The third-order valence-electron chi connectivity index (χ3n) is 4.12. The summed E-state index contributed by atoms with van der Waals surface area (Å²) in [5, 5.41) is 3.06. The molecule has 5 nitrogen and oxygen atoms in total. The second-order valence-corrected chi connectivity index (χ2v) is 6.37. The minimum Gasteiger partial charge on any atom is -0.497 e. The van der Waals surface area contributed by atoms with Gasteiger partial charge in [0.1, 0.15) is 11.5 Å². The average Bonchev–Trinajstić information content (AvgIpc) is 2.78. The second kappa shape index (κ2) is 5.84. The molecule has 0 aliphatic heterocycles. The third kappa shape index (κ3) is 3.40. The van der Waals surface area contributed by atoms with Crippen molar-refractivity contribution in [1.82, 2.24) is 5.32 Å². The molecule has 1 aromatic carbocycles. The van der Waals surface area contributed by atoms with E-state index >= 15 is 0 Å². The van der Waals surface area contributed by atoms with Gasteiger partial charge in [0.2, 0.25) is 0 Å². The van der Waals surface area contributed by atoms with Gasteiger partial charge in [-0.1, -0.05) is 13.8 Å². The van der Waals surface area contributed by atoms with Crippen molar-refractivity contribution in [3.63, 3.8) is 0 Å². The highest BCUT2D eigenvalue weighted by molar-refractivity contribution is 6.01. The van der Waals surface area contributed by atoms with Gasteiger partial charge < -0.3 is 20.5 Å². The van der Waals surface area contributed by atoms with E-state index in [1.807, 2.05) is 0 Å². The van der Waals surface area contributed by atoms with Crippen LogP contribution in [0.2, 0.25) is 0 Å². The summed E-state index contributed by atoms with van der Waals surface area (Å²) >= 11 is 0. The normalized spacial score (nSPS) is 20.1. The van der Waals surface area contributed by atoms with Crippen LogP contribution >= 0.6 is 0 Å². The third-order valence-corrected chi connectivity index (χ3v) is 4.12. The monoisotopic (exact) mass is 292 g/mol. The van der Waals surface area contributed by atoms with Gasteiger partial charge in [-0.15, -0.1) is 0 Å². The molecule has 1 atom stereocenters. The number of anilines is 1. The number of hydrogen-bond donors (Lipinski definition) is 2. The van der Waals surface area contributed by atoms with Gasteiger partial charge >= 0.3 is 0 Å². The summed E-state index contributed by atoms with van der Waals surface area (Å²) < 4.78 is 10.4. The van der Waals surface area contributed by atoms with Crippen LogP contribution in [0.5, 0.6) is 11.5 Å². The lowest BCUT2D eigenvalue weighted by Gasteiger charge is -2.19. The molecule has 1 fully saturated rings. The first kappa shape index (κ1) is 15.5. The summed E-state index contributed by atoms with van der Waals surface area (Å²) in [5.74, 6) is 0.830. The van der Waals surface area contributed by atoms with Gasteiger partial charge in [0, 0.05) is 12.1 Å². The molecular weight excluding hydrogens is 268 g/mol. The molecule has 1 amide bonds. The number of nitrogens with two attached hydrogens (primary N) is 1. The van der Waals surface area contributed by atoms with E-state index in [2.05, 4.69) is 19.2 Å². The van der Waals surface area contributed by atoms with Gasteiger partial charge in [-0.05, 0) is 30.7 Å². The number of benzene rings is 1. The van der Waals surface area contributed by atoms with Crippen LogP contribution in [-0.4, -0.2) is 26.2 Å². The Labute approximate surface area is 125 Å². The van der Waals surface area contributed by atoms with Gasteiger partial charge in [-0.25, -0.2) is 0 Å². The Balaban J connectivity index is 2.19. The average molecular weight is 292 g/mol. The zero-order chi connectivity index (χ0) is 15.6. The number of carbonyl (C=O) groups excluding carboxylic acids is 1. The predicted molar refractivity (Wildman–Crippen MR) is 82.8 cm³/mol. The van der Waals surface area contributed by atoms with Crippen LogP contribution in [0.4, 0.5) is 5.69 Å². The maximum absolute atomic E-state index is 12.5. The molecule has 0 heterocycles. The molecule has 3 N–H and O–H groups in total. The van der Waals surface area contributed by atoms with E-state index in [9.17, 15) is 4.79 Å². The van der Waals surface area contributed by atoms with E-state index in [1.54, 1.807) is 19.2 Å². The molecule has 2 rings (SSSR count). The molecule has 1 unspecified atom stereocenters. The van der Waals surface area contributed by atoms with E-state index < -0.39 is 0 Å². The van der Waals surface area contributed by atoms with Crippen LogP contribution in [0.15, 0.2) is 12.1 Å². The molecule has 21 heavy (non-hydrogen) atoms. The standard InChI is InChI=1S/C16H24N2O3/c1-16(2)6-5-10(9-16)18-15(19)12-7-11(20-3)8-13(21-4)14(12)17/h7-8,10H,5-6,9,17H2,1-4H3,(H,18,19). The highest BCUT2D eigenvalue weighted by atomic mass is 16.5. The van der Waals surface area contributed by atoms with Crippen molar-refractivity contribution in [2.75, 3.05) is 20.0 Å². The Bertz CT molecular complexity index is 541. The second-order valence-electron chi connectivity index (χ2n) is 6.37. The number of ether oxygens (including phenoxy) is 2. The summed E-state index contributed by atoms with van der Waals surface area (Å²) in [5.41, 5.74) is 7.03. The van der Waals surface area contributed by atoms with Gasteiger partial charge in [0.15, 0.2) is 0 Å². The molecule has 1 saturated carbocycles. The Morgan fingerprint density at radius 2 is 2.05 bits per heavy atom. The number of carbonyl (C=O) groups is 1. The first-order chi connectivity index (χ1) is 9.86. The molecule has 1 aliphatic carbocycles. The molecule has 0 spiro atoms. The highest BCUT2D eigenvalue weighted by Gasteiger charge is 2.32. The zero-order valence-corrected chi connectivity index (χ0v) is 13.2. The zero-order valence-electron chi connectivity index (χ0n) is 13.2. The number of hydrogen-bond acceptors (Lipinski definition) is 4. The van der Waals surface area contributed by atoms with Crippen LogP contribution in [0.3, 0.4) is 0 Å². The Kier molecular flexibility index (Phi) is 4.30. The SMILES string of the molecule is COc1cc(OC)c(N)c(C(=O)NC2CCC(C)(C)C2)c1. The molecule has 1 aromatic rings. The fourth-order valence-corrected chi connectivity index (χ4v) is 2.90.